The Labute approximate surface area is 115 Å². The molecule has 2 rings (SSSR count). The Balaban J connectivity index is 2.13. The fourth-order valence-electron chi connectivity index (χ4n) is 3.49. The van der Waals surface area contributed by atoms with E-state index >= 15 is 0 Å². The molecular weight excluding hydrogens is 275 g/mol. The van der Waals surface area contributed by atoms with E-state index in [0.29, 0.717) is 6.42 Å². The number of rotatable bonds is 3. The number of halogens is 3. The molecule has 0 radical (unpaired) electrons. The monoisotopic (exact) mass is 295 g/mol. The minimum Gasteiger partial charge on any atom is -0.468 e. The average Bonchev–Trinajstić information content (AvgIpc) is 2.76. The SMILES string of the molecule is COC(=O)C1CC2CCCCC2N1CC(O)C(F)(F)F. The van der Waals surface area contributed by atoms with Crippen LogP contribution in [-0.2, 0) is 9.53 Å². The molecule has 0 spiro atoms. The molecular formula is C13H20F3NO3. The molecule has 1 saturated heterocycles. The maximum atomic E-state index is 12.5. The molecule has 2 fully saturated rings. The van der Waals surface area contributed by atoms with Crippen LogP contribution in [0.2, 0.25) is 0 Å². The van der Waals surface area contributed by atoms with Gasteiger partial charge in [-0.05, 0) is 25.2 Å². The van der Waals surface area contributed by atoms with E-state index in [1.54, 1.807) is 0 Å². The van der Waals surface area contributed by atoms with Crippen LogP contribution in [0.1, 0.15) is 32.1 Å². The number of alkyl halides is 3. The molecule has 4 unspecified atom stereocenters. The lowest BCUT2D eigenvalue weighted by Gasteiger charge is -2.34. The van der Waals surface area contributed by atoms with E-state index in [1.807, 2.05) is 0 Å². The van der Waals surface area contributed by atoms with Gasteiger partial charge in [0, 0.05) is 12.6 Å². The highest BCUT2D eigenvalue weighted by molar-refractivity contribution is 5.76. The molecule has 1 N–H and O–H groups in total. The Morgan fingerprint density at radius 1 is 1.40 bits per heavy atom. The van der Waals surface area contributed by atoms with Crippen molar-refractivity contribution in [3.63, 3.8) is 0 Å². The number of methoxy groups -OCH3 is 1. The van der Waals surface area contributed by atoms with E-state index in [9.17, 15) is 23.1 Å². The summed E-state index contributed by atoms with van der Waals surface area (Å²) in [5.41, 5.74) is 0. The van der Waals surface area contributed by atoms with Crippen molar-refractivity contribution in [3.05, 3.63) is 0 Å². The summed E-state index contributed by atoms with van der Waals surface area (Å²) in [6.45, 7) is -0.551. The topological polar surface area (TPSA) is 49.8 Å². The summed E-state index contributed by atoms with van der Waals surface area (Å²) in [5.74, 6) is -0.276. The predicted molar refractivity (Wildman–Crippen MR) is 64.9 cm³/mol. The van der Waals surface area contributed by atoms with Crippen molar-refractivity contribution < 1.29 is 27.8 Å². The molecule has 4 nitrogen and oxygen atoms in total. The zero-order chi connectivity index (χ0) is 14.9. The number of carbonyl (C=O) groups excluding carboxylic acids is 1. The summed E-state index contributed by atoms with van der Waals surface area (Å²) in [6, 6.07) is -0.713. The van der Waals surface area contributed by atoms with Crippen LogP contribution in [0.3, 0.4) is 0 Å². The number of esters is 1. The summed E-state index contributed by atoms with van der Waals surface area (Å²) < 4.78 is 42.3. The molecule has 0 aromatic carbocycles. The maximum absolute atomic E-state index is 12.5. The lowest BCUT2D eigenvalue weighted by molar-refractivity contribution is -0.211. The Morgan fingerprint density at radius 2 is 2.05 bits per heavy atom. The third-order valence-electron chi connectivity index (χ3n) is 4.46. The van der Waals surface area contributed by atoms with Crippen molar-refractivity contribution in [3.8, 4) is 0 Å². The number of likely N-dealkylation sites (tertiary alicyclic amines) is 1. The van der Waals surface area contributed by atoms with Crippen molar-refractivity contribution >= 4 is 5.97 Å². The molecule has 1 aliphatic heterocycles. The van der Waals surface area contributed by atoms with Crippen LogP contribution in [-0.4, -0.2) is 54.0 Å². The number of hydrogen-bond donors (Lipinski definition) is 1. The first kappa shape index (κ1) is 15.6. The van der Waals surface area contributed by atoms with Gasteiger partial charge in [0.2, 0.25) is 0 Å². The second-order valence-electron chi connectivity index (χ2n) is 5.64. The van der Waals surface area contributed by atoms with Crippen molar-refractivity contribution in [2.75, 3.05) is 13.7 Å². The number of aliphatic hydroxyl groups is 1. The smallest absolute Gasteiger partial charge is 0.415 e. The maximum Gasteiger partial charge on any atom is 0.415 e. The Bertz CT molecular complexity index is 361. The van der Waals surface area contributed by atoms with Crippen molar-refractivity contribution in [1.29, 1.82) is 0 Å². The van der Waals surface area contributed by atoms with Crippen LogP contribution >= 0.6 is 0 Å². The number of ether oxygens (including phenoxy) is 1. The molecule has 1 heterocycles. The third-order valence-corrected chi connectivity index (χ3v) is 4.46. The second kappa shape index (κ2) is 5.89. The predicted octanol–water partition coefficient (Wildman–Crippen LogP) is 1.72. The van der Waals surface area contributed by atoms with Gasteiger partial charge in [-0.1, -0.05) is 12.8 Å². The van der Waals surface area contributed by atoms with Gasteiger partial charge in [-0.3, -0.25) is 9.69 Å². The van der Waals surface area contributed by atoms with Gasteiger partial charge < -0.3 is 9.84 Å². The van der Waals surface area contributed by atoms with Crippen molar-refractivity contribution in [2.45, 2.75) is 56.5 Å². The van der Waals surface area contributed by atoms with Crippen LogP contribution in [0.5, 0.6) is 0 Å². The standard InChI is InChI=1S/C13H20F3NO3/c1-20-12(19)10-6-8-4-2-3-5-9(8)17(10)7-11(18)13(14,15)16/h8-11,18H,2-7H2,1H3. The number of nitrogens with zero attached hydrogens (tertiary/aromatic N) is 1. The van der Waals surface area contributed by atoms with Crippen molar-refractivity contribution in [1.82, 2.24) is 4.90 Å². The molecule has 0 amide bonds. The van der Waals surface area contributed by atoms with Crippen LogP contribution in [0.4, 0.5) is 13.2 Å². The van der Waals surface area contributed by atoms with E-state index in [-0.39, 0.29) is 12.0 Å². The van der Waals surface area contributed by atoms with E-state index in [4.69, 9.17) is 4.74 Å². The lowest BCUT2D eigenvalue weighted by Crippen LogP contribution is -2.49. The van der Waals surface area contributed by atoms with Gasteiger partial charge in [0.25, 0.3) is 0 Å². The number of β-amino-alcohol motifs (C(OH)–C–C–N with tert-alkyl or cyclic N) is 1. The highest BCUT2D eigenvalue weighted by atomic mass is 19.4. The first-order chi connectivity index (χ1) is 9.34. The average molecular weight is 295 g/mol. The molecule has 7 heteroatoms. The normalized spacial score (nSPS) is 32.8. The molecule has 1 saturated carbocycles. The molecule has 116 valence electrons. The van der Waals surface area contributed by atoms with Gasteiger partial charge in [-0.15, -0.1) is 0 Å². The quantitative estimate of drug-likeness (QED) is 0.805. The summed E-state index contributed by atoms with van der Waals surface area (Å²) >= 11 is 0. The molecule has 0 bridgehead atoms. The third kappa shape index (κ3) is 3.09. The van der Waals surface area contributed by atoms with Gasteiger partial charge in [0.15, 0.2) is 6.10 Å². The van der Waals surface area contributed by atoms with E-state index in [2.05, 4.69) is 0 Å². The number of hydrogen-bond acceptors (Lipinski definition) is 4. The second-order valence-corrected chi connectivity index (χ2v) is 5.64. The first-order valence-corrected chi connectivity index (χ1v) is 6.93. The van der Waals surface area contributed by atoms with Crippen molar-refractivity contribution in [2.24, 2.45) is 5.92 Å². The van der Waals surface area contributed by atoms with Gasteiger partial charge in [-0.2, -0.15) is 13.2 Å². The Hall–Kier alpha value is -0.820. The summed E-state index contributed by atoms with van der Waals surface area (Å²) in [5, 5.41) is 9.29. The van der Waals surface area contributed by atoms with Crippen LogP contribution < -0.4 is 0 Å². The molecule has 0 aromatic heterocycles. The number of fused-ring (bicyclic) bond motifs is 1. The Morgan fingerprint density at radius 3 is 2.65 bits per heavy atom. The zero-order valence-corrected chi connectivity index (χ0v) is 11.4. The first-order valence-electron chi connectivity index (χ1n) is 6.93. The number of carbonyl (C=O) groups is 1. The molecule has 4 atom stereocenters. The van der Waals surface area contributed by atoms with Crippen LogP contribution in [0.15, 0.2) is 0 Å². The molecule has 20 heavy (non-hydrogen) atoms. The van der Waals surface area contributed by atoms with Crippen LogP contribution in [0, 0.1) is 5.92 Å². The minimum absolute atomic E-state index is 0.0511. The highest BCUT2D eigenvalue weighted by Gasteiger charge is 2.49. The van der Waals surface area contributed by atoms with Gasteiger partial charge in [-0.25, -0.2) is 0 Å². The molecule has 2 aliphatic rings. The van der Waals surface area contributed by atoms with E-state index < -0.39 is 30.8 Å². The Kier molecular flexibility index (Phi) is 4.59. The molecule has 1 aliphatic carbocycles. The summed E-state index contributed by atoms with van der Waals surface area (Å²) in [7, 11) is 1.24. The van der Waals surface area contributed by atoms with Gasteiger partial charge >= 0.3 is 12.1 Å². The minimum atomic E-state index is -4.66. The fraction of sp³-hybridized carbons (Fsp3) is 0.923. The van der Waals surface area contributed by atoms with Gasteiger partial charge in [0.1, 0.15) is 6.04 Å². The largest absolute Gasteiger partial charge is 0.468 e. The van der Waals surface area contributed by atoms with E-state index in [0.717, 1.165) is 25.7 Å². The summed E-state index contributed by atoms with van der Waals surface area (Å²) in [4.78, 5) is 13.3. The van der Waals surface area contributed by atoms with Gasteiger partial charge in [0.05, 0.1) is 7.11 Å². The fourth-order valence-corrected chi connectivity index (χ4v) is 3.49. The number of aliphatic hydroxyl groups excluding tert-OH is 1. The molecule has 0 aromatic rings. The summed E-state index contributed by atoms with van der Waals surface area (Å²) in [6.07, 6.45) is -2.84. The van der Waals surface area contributed by atoms with Crippen LogP contribution in [0.25, 0.3) is 0 Å². The highest BCUT2D eigenvalue weighted by Crippen LogP contribution is 2.40. The lowest BCUT2D eigenvalue weighted by atomic mass is 9.84. The van der Waals surface area contributed by atoms with E-state index in [1.165, 1.54) is 12.0 Å². The zero-order valence-electron chi connectivity index (χ0n) is 11.4.